The van der Waals surface area contributed by atoms with E-state index in [4.69, 9.17) is 11.6 Å². The van der Waals surface area contributed by atoms with Gasteiger partial charge in [-0.3, -0.25) is 14.4 Å². The van der Waals surface area contributed by atoms with Crippen molar-refractivity contribution in [1.82, 2.24) is 15.3 Å². The number of H-pyrrole nitrogens is 1. The lowest BCUT2D eigenvalue weighted by Crippen LogP contribution is -2.29. The summed E-state index contributed by atoms with van der Waals surface area (Å²) in [6.07, 6.45) is 0. The van der Waals surface area contributed by atoms with Crippen molar-refractivity contribution in [3.05, 3.63) is 94.3 Å². The van der Waals surface area contributed by atoms with Crippen LogP contribution in [-0.4, -0.2) is 27.7 Å². The second kappa shape index (κ2) is 7.37. The van der Waals surface area contributed by atoms with Gasteiger partial charge in [-0.2, -0.15) is 0 Å². The van der Waals surface area contributed by atoms with Crippen LogP contribution in [0.4, 0.5) is 5.69 Å². The monoisotopic (exact) mass is 430 g/mol. The molecule has 0 bridgehead atoms. The molecule has 0 aliphatic carbocycles. The van der Waals surface area contributed by atoms with Crippen LogP contribution >= 0.6 is 11.6 Å². The Morgan fingerprint density at radius 2 is 1.71 bits per heavy atom. The fourth-order valence-corrected chi connectivity index (χ4v) is 3.81. The number of imidazole rings is 1. The van der Waals surface area contributed by atoms with Crippen molar-refractivity contribution in [1.29, 1.82) is 0 Å². The van der Waals surface area contributed by atoms with Gasteiger partial charge in [-0.1, -0.05) is 35.9 Å². The van der Waals surface area contributed by atoms with Crippen LogP contribution in [-0.2, 0) is 6.54 Å². The van der Waals surface area contributed by atoms with Crippen LogP contribution in [0, 0.1) is 0 Å². The Kier molecular flexibility index (Phi) is 4.52. The van der Waals surface area contributed by atoms with Gasteiger partial charge < -0.3 is 10.3 Å². The highest BCUT2D eigenvalue weighted by atomic mass is 35.5. The lowest BCUT2D eigenvalue weighted by Gasteiger charge is -2.15. The molecule has 0 fully saturated rings. The first-order valence-electron chi connectivity index (χ1n) is 9.52. The normalized spacial score (nSPS) is 13.0. The van der Waals surface area contributed by atoms with E-state index in [0.717, 1.165) is 15.9 Å². The Morgan fingerprint density at radius 3 is 2.52 bits per heavy atom. The molecule has 5 rings (SSSR count). The van der Waals surface area contributed by atoms with Gasteiger partial charge in [0.1, 0.15) is 5.82 Å². The molecule has 1 aliphatic heterocycles. The molecule has 0 saturated carbocycles. The highest BCUT2D eigenvalue weighted by molar-refractivity contribution is 6.39. The van der Waals surface area contributed by atoms with Gasteiger partial charge in [0, 0.05) is 5.56 Å². The molecule has 2 N–H and O–H groups in total. The number of para-hydroxylation sites is 3. The highest BCUT2D eigenvalue weighted by Crippen LogP contribution is 2.33. The smallest absolute Gasteiger partial charge is 0.266 e. The number of carbonyl (C=O) groups is 3. The van der Waals surface area contributed by atoms with Crippen molar-refractivity contribution in [2.24, 2.45) is 0 Å². The van der Waals surface area contributed by atoms with Crippen LogP contribution < -0.4 is 10.2 Å². The summed E-state index contributed by atoms with van der Waals surface area (Å²) in [5.41, 5.74) is 2.68. The van der Waals surface area contributed by atoms with Gasteiger partial charge in [0.05, 0.1) is 39.4 Å². The second-order valence-electron chi connectivity index (χ2n) is 7.04. The molecule has 0 radical (unpaired) electrons. The topological polar surface area (TPSA) is 95.2 Å². The number of aromatic amines is 1. The largest absolute Gasteiger partial charge is 0.345 e. The molecule has 2 heterocycles. The van der Waals surface area contributed by atoms with Gasteiger partial charge in [-0.25, -0.2) is 9.88 Å². The molecule has 1 aliphatic rings. The molecular weight excluding hydrogens is 416 g/mol. The van der Waals surface area contributed by atoms with Crippen molar-refractivity contribution in [2.75, 3.05) is 4.90 Å². The number of imide groups is 1. The maximum absolute atomic E-state index is 12.9. The van der Waals surface area contributed by atoms with E-state index < -0.39 is 11.8 Å². The number of amides is 3. The third-order valence-electron chi connectivity index (χ3n) is 5.10. The van der Waals surface area contributed by atoms with Crippen LogP contribution in [0.1, 0.15) is 36.9 Å². The molecule has 0 saturated heterocycles. The molecule has 4 aromatic rings. The van der Waals surface area contributed by atoms with Gasteiger partial charge in [-0.15, -0.1) is 0 Å². The fourth-order valence-electron chi connectivity index (χ4n) is 3.59. The molecular formula is C23H15ClN4O3. The summed E-state index contributed by atoms with van der Waals surface area (Å²) in [6.45, 7) is 0.198. The van der Waals surface area contributed by atoms with Crippen molar-refractivity contribution < 1.29 is 14.4 Å². The molecule has 1 aromatic heterocycles. The minimum Gasteiger partial charge on any atom is -0.345 e. The lowest BCUT2D eigenvalue weighted by molar-refractivity contribution is 0.0923. The van der Waals surface area contributed by atoms with Crippen LogP contribution in [0.5, 0.6) is 0 Å². The summed E-state index contributed by atoms with van der Waals surface area (Å²) >= 11 is 6.17. The molecule has 3 aromatic carbocycles. The Balaban J connectivity index is 1.37. The number of carbonyl (C=O) groups excluding carboxylic acids is 3. The average Bonchev–Trinajstić information content (AvgIpc) is 3.31. The number of nitrogens with zero attached hydrogens (tertiary/aromatic N) is 2. The van der Waals surface area contributed by atoms with Gasteiger partial charge in [0.15, 0.2) is 0 Å². The van der Waals surface area contributed by atoms with E-state index in [0.29, 0.717) is 16.5 Å². The average molecular weight is 431 g/mol. The predicted molar refractivity (Wildman–Crippen MR) is 116 cm³/mol. The summed E-state index contributed by atoms with van der Waals surface area (Å²) in [5, 5.41) is 3.07. The van der Waals surface area contributed by atoms with E-state index >= 15 is 0 Å². The molecule has 0 unspecified atom stereocenters. The van der Waals surface area contributed by atoms with E-state index in [1.807, 2.05) is 24.3 Å². The van der Waals surface area contributed by atoms with Crippen molar-refractivity contribution >= 4 is 46.0 Å². The SMILES string of the molecule is O=C(NCc1nc2ccccc2[nH]1)c1ccc2c(c1)C(=O)N(c1ccccc1Cl)C2=O. The van der Waals surface area contributed by atoms with Crippen molar-refractivity contribution in [2.45, 2.75) is 6.54 Å². The number of hydrogen-bond donors (Lipinski definition) is 2. The maximum atomic E-state index is 12.9. The number of hydrogen-bond acceptors (Lipinski definition) is 4. The number of anilines is 1. The first-order chi connectivity index (χ1) is 15.0. The third kappa shape index (κ3) is 3.25. The molecule has 0 atom stereocenters. The Bertz CT molecular complexity index is 1350. The van der Waals surface area contributed by atoms with Crippen LogP contribution in [0.25, 0.3) is 11.0 Å². The Morgan fingerprint density at radius 1 is 0.968 bits per heavy atom. The van der Waals surface area contributed by atoms with E-state index in [2.05, 4.69) is 15.3 Å². The summed E-state index contributed by atoms with van der Waals surface area (Å²) in [7, 11) is 0. The summed E-state index contributed by atoms with van der Waals surface area (Å²) in [6, 6.07) is 18.6. The third-order valence-corrected chi connectivity index (χ3v) is 5.42. The van der Waals surface area contributed by atoms with Crippen molar-refractivity contribution in [3.8, 4) is 0 Å². The molecule has 152 valence electrons. The van der Waals surface area contributed by atoms with E-state index in [1.165, 1.54) is 18.2 Å². The van der Waals surface area contributed by atoms with Crippen molar-refractivity contribution in [3.63, 3.8) is 0 Å². The molecule has 8 heteroatoms. The minimum absolute atomic E-state index is 0.168. The number of benzene rings is 3. The van der Waals surface area contributed by atoms with E-state index in [9.17, 15) is 14.4 Å². The quantitative estimate of drug-likeness (QED) is 0.479. The highest BCUT2D eigenvalue weighted by Gasteiger charge is 2.38. The predicted octanol–water partition coefficient (Wildman–Crippen LogP) is 3.95. The van der Waals surface area contributed by atoms with Crippen LogP contribution in [0.15, 0.2) is 66.7 Å². The molecule has 7 nitrogen and oxygen atoms in total. The van der Waals surface area contributed by atoms with Gasteiger partial charge in [0.2, 0.25) is 0 Å². The van der Waals surface area contributed by atoms with Crippen LogP contribution in [0.2, 0.25) is 5.02 Å². The number of halogens is 1. The molecule has 31 heavy (non-hydrogen) atoms. The van der Waals surface area contributed by atoms with Gasteiger partial charge >= 0.3 is 0 Å². The molecule has 3 amide bonds. The summed E-state index contributed by atoms with van der Waals surface area (Å²) in [5.74, 6) is -0.742. The van der Waals surface area contributed by atoms with E-state index in [-0.39, 0.29) is 29.1 Å². The Labute approximate surface area is 181 Å². The zero-order valence-corrected chi connectivity index (χ0v) is 16.8. The first-order valence-corrected chi connectivity index (χ1v) is 9.90. The zero-order chi connectivity index (χ0) is 21.5. The van der Waals surface area contributed by atoms with Gasteiger partial charge in [-0.05, 0) is 42.5 Å². The minimum atomic E-state index is -0.514. The zero-order valence-electron chi connectivity index (χ0n) is 16.1. The maximum Gasteiger partial charge on any atom is 0.266 e. The lowest BCUT2D eigenvalue weighted by atomic mass is 10.1. The Hall–Kier alpha value is -3.97. The summed E-state index contributed by atoms with van der Waals surface area (Å²) < 4.78 is 0. The van der Waals surface area contributed by atoms with Gasteiger partial charge in [0.25, 0.3) is 17.7 Å². The second-order valence-corrected chi connectivity index (χ2v) is 7.45. The number of fused-ring (bicyclic) bond motifs is 2. The van der Waals surface area contributed by atoms with E-state index in [1.54, 1.807) is 24.3 Å². The van der Waals surface area contributed by atoms with Crippen LogP contribution in [0.3, 0.4) is 0 Å². The standard InChI is InChI=1S/C23H15ClN4O3/c24-16-5-1-4-8-19(16)28-22(30)14-10-9-13(11-15(14)23(28)31)21(29)25-12-20-26-17-6-2-3-7-18(17)27-20/h1-11H,12H2,(H,25,29)(H,26,27). The fraction of sp³-hybridized carbons (Fsp3) is 0.0435. The first kappa shape index (κ1) is 19.0. The number of rotatable bonds is 4. The summed E-state index contributed by atoms with van der Waals surface area (Å²) in [4.78, 5) is 46.9. The molecule has 0 spiro atoms. The number of aromatic nitrogens is 2. The number of nitrogens with one attached hydrogen (secondary N) is 2.